The Bertz CT molecular complexity index is 417. The minimum absolute atomic E-state index is 0.395. The standard InChI is InChI=1S/C14H23N3O/c1-16-11-8-15-13(16)5-6-14(18)7-10-17-9-3-2-4-12(14)17/h8,11-12,18H,2-7,9-10H2,1H3. The van der Waals surface area contributed by atoms with Crippen LogP contribution < -0.4 is 0 Å². The van der Waals surface area contributed by atoms with Crippen LogP contribution in [0.1, 0.15) is 37.9 Å². The second kappa shape index (κ2) is 4.67. The van der Waals surface area contributed by atoms with Gasteiger partial charge in [0.2, 0.25) is 0 Å². The molecular weight excluding hydrogens is 226 g/mol. The van der Waals surface area contributed by atoms with Crippen molar-refractivity contribution in [2.24, 2.45) is 7.05 Å². The predicted octanol–water partition coefficient (Wildman–Crippen LogP) is 1.34. The molecule has 2 unspecified atom stereocenters. The van der Waals surface area contributed by atoms with Gasteiger partial charge in [-0.05, 0) is 32.2 Å². The fourth-order valence-electron chi connectivity index (χ4n) is 3.63. The smallest absolute Gasteiger partial charge is 0.108 e. The monoisotopic (exact) mass is 249 g/mol. The van der Waals surface area contributed by atoms with E-state index >= 15 is 0 Å². The van der Waals surface area contributed by atoms with E-state index in [1.54, 1.807) is 0 Å². The zero-order valence-corrected chi connectivity index (χ0v) is 11.2. The summed E-state index contributed by atoms with van der Waals surface area (Å²) in [6, 6.07) is 0.395. The molecule has 1 aromatic rings. The topological polar surface area (TPSA) is 41.3 Å². The molecule has 3 heterocycles. The van der Waals surface area contributed by atoms with Gasteiger partial charge in [0.25, 0.3) is 0 Å². The summed E-state index contributed by atoms with van der Waals surface area (Å²) in [6.45, 7) is 2.25. The van der Waals surface area contributed by atoms with Crippen molar-refractivity contribution in [1.29, 1.82) is 0 Å². The lowest BCUT2D eigenvalue weighted by molar-refractivity contribution is -0.0161. The Labute approximate surface area is 109 Å². The molecule has 18 heavy (non-hydrogen) atoms. The first-order valence-electron chi connectivity index (χ1n) is 7.12. The highest BCUT2D eigenvalue weighted by atomic mass is 16.3. The summed E-state index contributed by atoms with van der Waals surface area (Å²) in [7, 11) is 2.02. The third kappa shape index (κ3) is 2.08. The number of fused-ring (bicyclic) bond motifs is 1. The molecule has 4 nitrogen and oxygen atoms in total. The van der Waals surface area contributed by atoms with Crippen LogP contribution in [0.2, 0.25) is 0 Å². The predicted molar refractivity (Wildman–Crippen MR) is 70.3 cm³/mol. The van der Waals surface area contributed by atoms with Crippen LogP contribution in [0.25, 0.3) is 0 Å². The van der Waals surface area contributed by atoms with E-state index in [1.165, 1.54) is 19.4 Å². The molecule has 2 atom stereocenters. The van der Waals surface area contributed by atoms with Crippen molar-refractivity contribution in [3.63, 3.8) is 0 Å². The van der Waals surface area contributed by atoms with Gasteiger partial charge in [-0.25, -0.2) is 4.98 Å². The van der Waals surface area contributed by atoms with Gasteiger partial charge in [-0.2, -0.15) is 0 Å². The Balaban J connectivity index is 1.66. The molecule has 0 saturated carbocycles. The molecule has 2 aliphatic rings. The molecule has 2 fully saturated rings. The quantitative estimate of drug-likeness (QED) is 0.879. The maximum absolute atomic E-state index is 10.9. The van der Waals surface area contributed by atoms with E-state index < -0.39 is 5.60 Å². The van der Waals surface area contributed by atoms with Gasteiger partial charge >= 0.3 is 0 Å². The zero-order valence-electron chi connectivity index (χ0n) is 11.2. The molecule has 2 aliphatic heterocycles. The van der Waals surface area contributed by atoms with Crippen LogP contribution >= 0.6 is 0 Å². The Morgan fingerprint density at radius 1 is 1.44 bits per heavy atom. The Hall–Kier alpha value is -0.870. The van der Waals surface area contributed by atoms with E-state index in [4.69, 9.17) is 0 Å². The molecule has 2 saturated heterocycles. The lowest BCUT2D eigenvalue weighted by atomic mass is 9.85. The van der Waals surface area contributed by atoms with Gasteiger partial charge < -0.3 is 9.67 Å². The Morgan fingerprint density at radius 3 is 3.11 bits per heavy atom. The van der Waals surface area contributed by atoms with Crippen LogP contribution in [-0.4, -0.2) is 44.3 Å². The summed E-state index contributed by atoms with van der Waals surface area (Å²) in [5.74, 6) is 1.08. The van der Waals surface area contributed by atoms with Crippen molar-refractivity contribution in [2.45, 2.75) is 50.2 Å². The van der Waals surface area contributed by atoms with E-state index in [9.17, 15) is 5.11 Å². The highest BCUT2D eigenvalue weighted by molar-refractivity contribution is 5.03. The van der Waals surface area contributed by atoms with Gasteiger partial charge in [0.05, 0.1) is 5.60 Å². The van der Waals surface area contributed by atoms with Gasteiger partial charge in [0.15, 0.2) is 0 Å². The van der Waals surface area contributed by atoms with Crippen molar-refractivity contribution in [3.8, 4) is 0 Å². The minimum Gasteiger partial charge on any atom is -0.388 e. The van der Waals surface area contributed by atoms with Crippen LogP contribution in [0.4, 0.5) is 0 Å². The zero-order chi connectivity index (χ0) is 12.6. The normalized spacial score (nSPS) is 32.7. The third-order valence-corrected chi connectivity index (χ3v) is 4.77. The molecule has 0 bridgehead atoms. The number of aryl methyl sites for hydroxylation is 2. The number of imidazole rings is 1. The average molecular weight is 249 g/mol. The van der Waals surface area contributed by atoms with E-state index in [2.05, 4.69) is 14.5 Å². The average Bonchev–Trinajstić information content (AvgIpc) is 2.93. The summed E-state index contributed by atoms with van der Waals surface area (Å²) in [5.41, 5.74) is -0.480. The maximum atomic E-state index is 10.9. The van der Waals surface area contributed by atoms with E-state index in [0.717, 1.165) is 38.1 Å². The van der Waals surface area contributed by atoms with Crippen molar-refractivity contribution >= 4 is 0 Å². The van der Waals surface area contributed by atoms with E-state index in [-0.39, 0.29) is 0 Å². The van der Waals surface area contributed by atoms with Crippen molar-refractivity contribution in [3.05, 3.63) is 18.2 Å². The molecule has 0 amide bonds. The first-order chi connectivity index (χ1) is 8.69. The van der Waals surface area contributed by atoms with E-state index in [1.807, 2.05) is 19.4 Å². The largest absolute Gasteiger partial charge is 0.388 e. The first-order valence-corrected chi connectivity index (χ1v) is 7.12. The van der Waals surface area contributed by atoms with Crippen LogP contribution in [-0.2, 0) is 13.5 Å². The van der Waals surface area contributed by atoms with Crippen molar-refractivity contribution < 1.29 is 5.11 Å². The van der Waals surface area contributed by atoms with E-state index in [0.29, 0.717) is 6.04 Å². The lowest BCUT2D eigenvalue weighted by Crippen LogP contribution is -2.47. The molecule has 1 aromatic heterocycles. The van der Waals surface area contributed by atoms with Gasteiger partial charge in [-0.3, -0.25) is 4.90 Å². The fraction of sp³-hybridized carbons (Fsp3) is 0.786. The number of aliphatic hydroxyl groups is 1. The molecule has 100 valence electrons. The fourth-order valence-corrected chi connectivity index (χ4v) is 3.63. The summed E-state index contributed by atoms with van der Waals surface area (Å²) < 4.78 is 2.05. The number of aromatic nitrogens is 2. The number of piperidine rings is 1. The molecule has 0 radical (unpaired) electrons. The molecule has 0 aliphatic carbocycles. The Kier molecular flexibility index (Phi) is 3.16. The van der Waals surface area contributed by atoms with Gasteiger partial charge in [0.1, 0.15) is 5.82 Å². The summed E-state index contributed by atoms with van der Waals surface area (Å²) in [5, 5.41) is 10.9. The van der Waals surface area contributed by atoms with Crippen molar-refractivity contribution in [2.75, 3.05) is 13.1 Å². The van der Waals surface area contributed by atoms with Crippen molar-refractivity contribution in [1.82, 2.24) is 14.5 Å². The van der Waals surface area contributed by atoms with Crippen LogP contribution in [0.5, 0.6) is 0 Å². The van der Waals surface area contributed by atoms with Gasteiger partial charge in [-0.1, -0.05) is 6.42 Å². The third-order valence-electron chi connectivity index (χ3n) is 4.77. The number of rotatable bonds is 3. The number of hydrogen-bond acceptors (Lipinski definition) is 3. The summed E-state index contributed by atoms with van der Waals surface area (Å²) in [6.07, 6.45) is 10.2. The lowest BCUT2D eigenvalue weighted by Gasteiger charge is -2.37. The Morgan fingerprint density at radius 2 is 2.33 bits per heavy atom. The molecule has 4 heteroatoms. The number of nitrogens with zero attached hydrogens (tertiary/aromatic N) is 3. The minimum atomic E-state index is -0.480. The number of hydrogen-bond donors (Lipinski definition) is 1. The molecule has 3 rings (SSSR count). The van der Waals surface area contributed by atoms with Crippen LogP contribution in [0, 0.1) is 0 Å². The van der Waals surface area contributed by atoms with Crippen LogP contribution in [0.3, 0.4) is 0 Å². The molecule has 0 aromatic carbocycles. The second-order valence-corrected chi connectivity index (χ2v) is 5.86. The molecular formula is C14H23N3O. The highest BCUT2D eigenvalue weighted by Crippen LogP contribution is 2.37. The SMILES string of the molecule is Cn1ccnc1CCC1(O)CCN2CCCCC21. The summed E-state index contributed by atoms with van der Waals surface area (Å²) in [4.78, 5) is 6.84. The highest BCUT2D eigenvalue weighted by Gasteiger charge is 2.46. The van der Waals surface area contributed by atoms with Crippen LogP contribution in [0.15, 0.2) is 12.4 Å². The van der Waals surface area contributed by atoms with Gasteiger partial charge in [-0.15, -0.1) is 0 Å². The summed E-state index contributed by atoms with van der Waals surface area (Å²) >= 11 is 0. The molecule has 0 spiro atoms. The van der Waals surface area contributed by atoms with Gasteiger partial charge in [0, 0.05) is 38.4 Å². The first kappa shape index (κ1) is 12.2. The maximum Gasteiger partial charge on any atom is 0.108 e. The molecule has 1 N–H and O–H groups in total. The second-order valence-electron chi connectivity index (χ2n) is 5.86.